The van der Waals surface area contributed by atoms with E-state index in [9.17, 15) is 9.90 Å². The molecule has 3 rings (SSSR count). The smallest absolute Gasteiger partial charge is 0.360 e. The summed E-state index contributed by atoms with van der Waals surface area (Å²) in [6.07, 6.45) is 1.50. The number of hydrogen-bond donors (Lipinski definition) is 1. The van der Waals surface area contributed by atoms with Gasteiger partial charge < -0.3 is 14.6 Å². The van der Waals surface area contributed by atoms with Crippen LogP contribution in [0.2, 0.25) is 5.02 Å². The van der Waals surface area contributed by atoms with E-state index in [-0.39, 0.29) is 18.1 Å². The first-order valence-corrected chi connectivity index (χ1v) is 7.68. The van der Waals surface area contributed by atoms with Crippen LogP contribution in [0.15, 0.2) is 48.7 Å². The highest BCUT2D eigenvalue weighted by Crippen LogP contribution is 2.32. The van der Waals surface area contributed by atoms with Gasteiger partial charge in [-0.05, 0) is 49.4 Å². The molecule has 0 bridgehead atoms. The number of carbonyl (C=O) groups excluding carboxylic acids is 1. The minimum atomic E-state index is -0.654. The third-order valence-corrected chi connectivity index (χ3v) is 3.61. The molecule has 122 valence electrons. The summed E-state index contributed by atoms with van der Waals surface area (Å²) in [5.74, 6) is 0.358. The first-order chi connectivity index (χ1) is 11.6. The Morgan fingerprint density at radius 2 is 1.88 bits per heavy atom. The van der Waals surface area contributed by atoms with E-state index in [2.05, 4.69) is 4.98 Å². The average molecular weight is 344 g/mol. The summed E-state index contributed by atoms with van der Waals surface area (Å²) in [4.78, 5) is 15.8. The SMILES string of the molecule is CCOC(=O)c1ncc2cc(Oc3ccc(Cl)cc3)ccc2c1O. The van der Waals surface area contributed by atoms with Crippen LogP contribution in [0.3, 0.4) is 0 Å². The van der Waals surface area contributed by atoms with Gasteiger partial charge in [-0.3, -0.25) is 0 Å². The lowest BCUT2D eigenvalue weighted by molar-refractivity contribution is 0.0516. The summed E-state index contributed by atoms with van der Waals surface area (Å²) in [5, 5.41) is 12.0. The van der Waals surface area contributed by atoms with Gasteiger partial charge in [-0.25, -0.2) is 9.78 Å². The second kappa shape index (κ2) is 6.76. The molecule has 0 saturated carbocycles. The van der Waals surface area contributed by atoms with Crippen LogP contribution in [-0.4, -0.2) is 22.7 Å². The van der Waals surface area contributed by atoms with Crippen LogP contribution in [0, 0.1) is 0 Å². The maximum Gasteiger partial charge on any atom is 0.360 e. The van der Waals surface area contributed by atoms with Crippen molar-refractivity contribution in [3.05, 3.63) is 59.4 Å². The number of aromatic nitrogens is 1. The summed E-state index contributed by atoms with van der Waals surface area (Å²) in [5.41, 5.74) is -0.101. The molecule has 24 heavy (non-hydrogen) atoms. The Hall–Kier alpha value is -2.79. The lowest BCUT2D eigenvalue weighted by Gasteiger charge is -2.09. The van der Waals surface area contributed by atoms with E-state index >= 15 is 0 Å². The average Bonchev–Trinajstić information content (AvgIpc) is 2.57. The van der Waals surface area contributed by atoms with E-state index in [4.69, 9.17) is 21.1 Å². The number of nitrogens with zero attached hydrogens (tertiary/aromatic N) is 1. The minimum Gasteiger partial charge on any atom is -0.505 e. The third kappa shape index (κ3) is 3.26. The topological polar surface area (TPSA) is 68.7 Å². The molecular formula is C18H14ClNO4. The van der Waals surface area contributed by atoms with Gasteiger partial charge in [-0.1, -0.05) is 11.6 Å². The summed E-state index contributed by atoms with van der Waals surface area (Å²) in [7, 11) is 0. The number of hydrogen-bond acceptors (Lipinski definition) is 5. The Bertz CT molecular complexity index is 893. The predicted octanol–water partition coefficient (Wildman–Crippen LogP) is 4.56. The normalized spacial score (nSPS) is 10.6. The van der Waals surface area contributed by atoms with Gasteiger partial charge in [-0.2, -0.15) is 0 Å². The fraction of sp³-hybridized carbons (Fsp3) is 0.111. The fourth-order valence-electron chi connectivity index (χ4n) is 2.24. The molecular weight excluding hydrogens is 330 g/mol. The van der Waals surface area contributed by atoms with E-state index in [1.807, 2.05) is 0 Å². The van der Waals surface area contributed by atoms with E-state index in [1.165, 1.54) is 6.20 Å². The number of benzene rings is 2. The van der Waals surface area contributed by atoms with Crippen molar-refractivity contribution >= 4 is 28.3 Å². The van der Waals surface area contributed by atoms with Gasteiger partial charge in [0.15, 0.2) is 11.4 Å². The predicted molar refractivity (Wildman–Crippen MR) is 90.9 cm³/mol. The van der Waals surface area contributed by atoms with Crippen LogP contribution in [-0.2, 0) is 4.74 Å². The van der Waals surface area contributed by atoms with Gasteiger partial charge >= 0.3 is 5.97 Å². The molecule has 0 radical (unpaired) electrons. The van der Waals surface area contributed by atoms with Gasteiger partial charge in [0.25, 0.3) is 0 Å². The summed E-state index contributed by atoms with van der Waals surface area (Å²) in [6.45, 7) is 1.90. The molecule has 0 spiro atoms. The lowest BCUT2D eigenvalue weighted by Crippen LogP contribution is -2.07. The van der Waals surface area contributed by atoms with Crippen molar-refractivity contribution in [1.82, 2.24) is 4.98 Å². The van der Waals surface area contributed by atoms with Crippen LogP contribution in [0.1, 0.15) is 17.4 Å². The van der Waals surface area contributed by atoms with Crippen molar-refractivity contribution in [1.29, 1.82) is 0 Å². The van der Waals surface area contributed by atoms with Gasteiger partial charge in [0.1, 0.15) is 11.5 Å². The van der Waals surface area contributed by atoms with Crippen LogP contribution in [0.5, 0.6) is 17.2 Å². The third-order valence-electron chi connectivity index (χ3n) is 3.35. The van der Waals surface area contributed by atoms with Crippen molar-refractivity contribution in [2.45, 2.75) is 6.92 Å². The fourth-order valence-corrected chi connectivity index (χ4v) is 2.36. The van der Waals surface area contributed by atoms with Crippen LogP contribution >= 0.6 is 11.6 Å². The molecule has 3 aromatic rings. The molecule has 0 aliphatic carbocycles. The standard InChI is InChI=1S/C18H14ClNO4/c1-2-23-18(22)16-17(21)15-8-7-14(9-11(15)10-20-16)24-13-5-3-12(19)4-6-13/h3-10,21H,2H2,1H3. The van der Waals surface area contributed by atoms with E-state index in [1.54, 1.807) is 49.4 Å². The molecule has 5 nitrogen and oxygen atoms in total. The largest absolute Gasteiger partial charge is 0.505 e. The first-order valence-electron chi connectivity index (χ1n) is 7.30. The number of pyridine rings is 1. The first kappa shape index (κ1) is 16.1. The summed E-state index contributed by atoms with van der Waals surface area (Å²) in [6, 6.07) is 12.1. The number of halogens is 1. The second-order valence-electron chi connectivity index (χ2n) is 4.98. The zero-order chi connectivity index (χ0) is 17.1. The van der Waals surface area contributed by atoms with E-state index in [0.717, 1.165) is 0 Å². The molecule has 6 heteroatoms. The molecule has 0 saturated heterocycles. The number of ether oxygens (including phenoxy) is 2. The lowest BCUT2D eigenvalue weighted by atomic mass is 10.1. The number of rotatable bonds is 4. The van der Waals surface area contributed by atoms with Gasteiger partial charge in [0.05, 0.1) is 6.61 Å². The van der Waals surface area contributed by atoms with Crippen LogP contribution in [0.4, 0.5) is 0 Å². The van der Waals surface area contributed by atoms with Crippen molar-refractivity contribution < 1.29 is 19.4 Å². The monoisotopic (exact) mass is 343 g/mol. The minimum absolute atomic E-state index is 0.101. The molecule has 2 aromatic carbocycles. The molecule has 0 aliphatic heterocycles. The Balaban J connectivity index is 1.93. The van der Waals surface area contributed by atoms with Crippen molar-refractivity contribution in [2.24, 2.45) is 0 Å². The molecule has 0 aliphatic rings. The molecule has 0 amide bonds. The zero-order valence-corrected chi connectivity index (χ0v) is 13.6. The number of carbonyl (C=O) groups is 1. The van der Waals surface area contributed by atoms with Crippen LogP contribution < -0.4 is 4.74 Å². The molecule has 0 atom stereocenters. The summed E-state index contributed by atoms with van der Waals surface area (Å²) >= 11 is 5.84. The van der Waals surface area contributed by atoms with Gasteiger partial charge in [0, 0.05) is 22.0 Å². The van der Waals surface area contributed by atoms with E-state index < -0.39 is 5.97 Å². The maximum atomic E-state index is 11.8. The van der Waals surface area contributed by atoms with Gasteiger partial charge in [-0.15, -0.1) is 0 Å². The van der Waals surface area contributed by atoms with Crippen molar-refractivity contribution in [3.63, 3.8) is 0 Å². The maximum absolute atomic E-state index is 11.8. The highest BCUT2D eigenvalue weighted by molar-refractivity contribution is 6.30. The van der Waals surface area contributed by atoms with E-state index in [0.29, 0.717) is 27.3 Å². The van der Waals surface area contributed by atoms with Crippen LogP contribution in [0.25, 0.3) is 10.8 Å². The van der Waals surface area contributed by atoms with Gasteiger partial charge in [0.2, 0.25) is 0 Å². The molecule has 0 unspecified atom stereocenters. The molecule has 0 fully saturated rings. The highest BCUT2D eigenvalue weighted by Gasteiger charge is 2.17. The second-order valence-corrected chi connectivity index (χ2v) is 5.42. The van der Waals surface area contributed by atoms with Crippen molar-refractivity contribution in [3.8, 4) is 17.2 Å². The Labute approximate surface area is 143 Å². The number of esters is 1. The Morgan fingerprint density at radius 1 is 1.17 bits per heavy atom. The zero-order valence-electron chi connectivity index (χ0n) is 12.8. The Kier molecular flexibility index (Phi) is 4.53. The number of aromatic hydroxyl groups is 1. The molecule has 1 N–H and O–H groups in total. The quantitative estimate of drug-likeness (QED) is 0.703. The molecule has 1 aromatic heterocycles. The summed E-state index contributed by atoms with van der Waals surface area (Å²) < 4.78 is 10.6. The van der Waals surface area contributed by atoms with Crippen molar-refractivity contribution in [2.75, 3.05) is 6.61 Å². The highest BCUT2D eigenvalue weighted by atomic mass is 35.5. The Morgan fingerprint density at radius 3 is 2.58 bits per heavy atom. The number of fused-ring (bicyclic) bond motifs is 1. The molecule has 1 heterocycles.